The zero-order chi connectivity index (χ0) is 11.4. The van der Waals surface area contributed by atoms with E-state index in [9.17, 15) is 5.11 Å². The number of anilines is 1. The third-order valence-electron chi connectivity index (χ3n) is 2.66. The number of halogens is 1. The lowest BCUT2D eigenvalue weighted by Gasteiger charge is -2.21. The Bertz CT molecular complexity index is 325. The Hall–Kier alpha value is -0.540. The maximum absolute atomic E-state index is 9.28. The summed E-state index contributed by atoms with van der Waals surface area (Å²) in [4.78, 5) is 0. The molecule has 2 nitrogen and oxygen atoms in total. The van der Waals surface area contributed by atoms with Crippen LogP contribution in [-0.4, -0.2) is 11.1 Å². The Morgan fingerprint density at radius 2 is 2.00 bits per heavy atom. The molecule has 1 aromatic carbocycles. The van der Waals surface area contributed by atoms with Gasteiger partial charge in [0.05, 0.1) is 6.61 Å². The monoisotopic (exact) mass is 271 g/mol. The predicted octanol–water partition coefficient (Wildman–Crippen LogP) is 3.40. The molecule has 0 saturated heterocycles. The molecule has 0 aliphatic rings. The van der Waals surface area contributed by atoms with Crippen LogP contribution < -0.4 is 5.32 Å². The van der Waals surface area contributed by atoms with Crippen LogP contribution >= 0.6 is 15.9 Å². The van der Waals surface area contributed by atoms with Crippen molar-refractivity contribution in [2.45, 2.75) is 33.4 Å². The minimum atomic E-state index is 0.0502. The summed E-state index contributed by atoms with van der Waals surface area (Å²) in [5, 5.41) is 12.7. The van der Waals surface area contributed by atoms with E-state index < -0.39 is 0 Å². The molecular formula is C12H18BrNO. The molecule has 3 heteroatoms. The van der Waals surface area contributed by atoms with E-state index in [1.165, 1.54) is 0 Å². The standard InChI is InChI=1S/C12H18BrNO/c1-8(2)9(3)14-12-6-4-5-11(13)10(12)7-15/h4-6,8-9,14-15H,7H2,1-3H3. The maximum atomic E-state index is 9.28. The molecule has 0 aliphatic carbocycles. The average Bonchev–Trinajstić information content (AvgIpc) is 2.18. The summed E-state index contributed by atoms with van der Waals surface area (Å²) < 4.78 is 0.950. The van der Waals surface area contributed by atoms with Crippen molar-refractivity contribution >= 4 is 21.6 Å². The molecule has 1 aromatic rings. The Morgan fingerprint density at radius 1 is 1.33 bits per heavy atom. The molecule has 0 radical (unpaired) electrons. The van der Waals surface area contributed by atoms with Crippen molar-refractivity contribution in [3.05, 3.63) is 28.2 Å². The highest BCUT2D eigenvalue weighted by molar-refractivity contribution is 9.10. The molecule has 1 unspecified atom stereocenters. The summed E-state index contributed by atoms with van der Waals surface area (Å²) in [5.41, 5.74) is 1.93. The van der Waals surface area contributed by atoms with Crippen LogP contribution in [0.15, 0.2) is 22.7 Å². The van der Waals surface area contributed by atoms with Gasteiger partial charge in [-0.15, -0.1) is 0 Å². The van der Waals surface area contributed by atoms with Gasteiger partial charge in [-0.05, 0) is 25.0 Å². The van der Waals surface area contributed by atoms with Crippen LogP contribution in [-0.2, 0) is 6.61 Å². The molecule has 0 amide bonds. The van der Waals surface area contributed by atoms with Gasteiger partial charge in [-0.1, -0.05) is 35.8 Å². The molecule has 1 atom stereocenters. The number of aliphatic hydroxyl groups is 1. The SMILES string of the molecule is CC(C)C(C)Nc1cccc(Br)c1CO. The van der Waals surface area contributed by atoms with Gasteiger partial charge in [0.15, 0.2) is 0 Å². The fraction of sp³-hybridized carbons (Fsp3) is 0.500. The molecule has 1 rings (SSSR count). The van der Waals surface area contributed by atoms with Crippen LogP contribution in [0.25, 0.3) is 0 Å². The van der Waals surface area contributed by atoms with E-state index in [0.29, 0.717) is 12.0 Å². The topological polar surface area (TPSA) is 32.3 Å². The first-order valence-corrected chi connectivity index (χ1v) is 6.00. The van der Waals surface area contributed by atoms with Crippen molar-refractivity contribution in [1.82, 2.24) is 0 Å². The minimum absolute atomic E-state index is 0.0502. The lowest BCUT2D eigenvalue weighted by molar-refractivity contribution is 0.281. The second-order valence-electron chi connectivity index (χ2n) is 4.10. The van der Waals surface area contributed by atoms with Gasteiger partial charge in [0, 0.05) is 21.8 Å². The van der Waals surface area contributed by atoms with Crippen molar-refractivity contribution in [3.63, 3.8) is 0 Å². The fourth-order valence-corrected chi connectivity index (χ4v) is 1.76. The minimum Gasteiger partial charge on any atom is -0.392 e. The second kappa shape index (κ2) is 5.52. The van der Waals surface area contributed by atoms with Gasteiger partial charge in [-0.2, -0.15) is 0 Å². The van der Waals surface area contributed by atoms with Crippen LogP contribution in [0.3, 0.4) is 0 Å². The zero-order valence-corrected chi connectivity index (χ0v) is 11.0. The smallest absolute Gasteiger partial charge is 0.0713 e. The second-order valence-corrected chi connectivity index (χ2v) is 4.96. The Balaban J connectivity index is 2.89. The summed E-state index contributed by atoms with van der Waals surface area (Å²) in [6.07, 6.45) is 0. The number of aliphatic hydroxyl groups excluding tert-OH is 1. The van der Waals surface area contributed by atoms with Gasteiger partial charge < -0.3 is 10.4 Å². The molecule has 0 bridgehead atoms. The number of benzene rings is 1. The first-order valence-electron chi connectivity index (χ1n) is 5.21. The Kier molecular flexibility index (Phi) is 4.61. The molecule has 0 heterocycles. The third-order valence-corrected chi connectivity index (χ3v) is 3.40. The van der Waals surface area contributed by atoms with Crippen LogP contribution in [0, 0.1) is 5.92 Å². The third kappa shape index (κ3) is 3.21. The van der Waals surface area contributed by atoms with Gasteiger partial charge in [0.25, 0.3) is 0 Å². The van der Waals surface area contributed by atoms with Crippen LogP contribution in [0.1, 0.15) is 26.3 Å². The molecular weight excluding hydrogens is 254 g/mol. The molecule has 84 valence electrons. The molecule has 0 aliphatic heterocycles. The molecule has 0 fully saturated rings. The highest BCUT2D eigenvalue weighted by atomic mass is 79.9. The van der Waals surface area contributed by atoms with Crippen molar-refractivity contribution < 1.29 is 5.11 Å². The van der Waals surface area contributed by atoms with Crippen molar-refractivity contribution in [3.8, 4) is 0 Å². The number of hydrogen-bond donors (Lipinski definition) is 2. The van der Waals surface area contributed by atoms with Crippen molar-refractivity contribution in [2.75, 3.05) is 5.32 Å². The first kappa shape index (κ1) is 12.5. The first-order chi connectivity index (χ1) is 7.06. The number of rotatable bonds is 4. The van der Waals surface area contributed by atoms with Crippen LogP contribution in [0.2, 0.25) is 0 Å². The van der Waals surface area contributed by atoms with Gasteiger partial charge in [-0.3, -0.25) is 0 Å². The summed E-state index contributed by atoms with van der Waals surface area (Å²) in [5.74, 6) is 0.565. The fourth-order valence-electron chi connectivity index (χ4n) is 1.27. The van der Waals surface area contributed by atoms with E-state index in [2.05, 4.69) is 42.0 Å². The van der Waals surface area contributed by atoms with E-state index >= 15 is 0 Å². The molecule has 0 aromatic heterocycles. The summed E-state index contributed by atoms with van der Waals surface area (Å²) in [6, 6.07) is 6.30. The van der Waals surface area contributed by atoms with Gasteiger partial charge in [-0.25, -0.2) is 0 Å². The van der Waals surface area contributed by atoms with E-state index in [1.807, 2.05) is 18.2 Å². The quantitative estimate of drug-likeness (QED) is 0.880. The van der Waals surface area contributed by atoms with Gasteiger partial charge in [0.2, 0.25) is 0 Å². The largest absolute Gasteiger partial charge is 0.392 e. The summed E-state index contributed by atoms with van der Waals surface area (Å²) >= 11 is 3.43. The van der Waals surface area contributed by atoms with E-state index in [-0.39, 0.29) is 6.61 Å². The number of nitrogens with one attached hydrogen (secondary N) is 1. The summed E-state index contributed by atoms with van der Waals surface area (Å²) in [6.45, 7) is 6.55. The van der Waals surface area contributed by atoms with E-state index in [0.717, 1.165) is 15.7 Å². The highest BCUT2D eigenvalue weighted by Crippen LogP contribution is 2.26. The highest BCUT2D eigenvalue weighted by Gasteiger charge is 2.10. The van der Waals surface area contributed by atoms with Crippen molar-refractivity contribution in [2.24, 2.45) is 5.92 Å². The van der Waals surface area contributed by atoms with Gasteiger partial charge in [0.1, 0.15) is 0 Å². The Morgan fingerprint density at radius 3 is 2.53 bits per heavy atom. The maximum Gasteiger partial charge on any atom is 0.0713 e. The molecule has 0 saturated carbocycles. The lowest BCUT2D eigenvalue weighted by atomic mass is 10.1. The normalized spacial score (nSPS) is 12.9. The van der Waals surface area contributed by atoms with E-state index in [1.54, 1.807) is 0 Å². The van der Waals surface area contributed by atoms with Crippen LogP contribution in [0.5, 0.6) is 0 Å². The zero-order valence-electron chi connectivity index (χ0n) is 9.42. The summed E-state index contributed by atoms with van der Waals surface area (Å²) in [7, 11) is 0. The van der Waals surface area contributed by atoms with Crippen LogP contribution in [0.4, 0.5) is 5.69 Å². The van der Waals surface area contributed by atoms with E-state index in [4.69, 9.17) is 0 Å². The number of hydrogen-bond acceptors (Lipinski definition) is 2. The lowest BCUT2D eigenvalue weighted by Crippen LogP contribution is -2.22. The average molecular weight is 272 g/mol. The predicted molar refractivity (Wildman–Crippen MR) is 68.0 cm³/mol. The van der Waals surface area contributed by atoms with Gasteiger partial charge >= 0.3 is 0 Å². The van der Waals surface area contributed by atoms with Crippen molar-refractivity contribution in [1.29, 1.82) is 0 Å². The molecule has 2 N–H and O–H groups in total. The Labute approximate surface area is 99.8 Å². The molecule has 0 spiro atoms. The molecule has 15 heavy (non-hydrogen) atoms.